The first-order valence-corrected chi connectivity index (χ1v) is 10.2. The molecule has 0 aromatic heterocycles. The summed E-state index contributed by atoms with van der Waals surface area (Å²) in [5.74, 6) is -2.52. The zero-order valence-corrected chi connectivity index (χ0v) is 17.4. The molecule has 0 bridgehead atoms. The number of ketones is 1. The van der Waals surface area contributed by atoms with E-state index in [0.717, 1.165) is 18.1 Å². The van der Waals surface area contributed by atoms with Gasteiger partial charge in [-0.15, -0.1) is 0 Å². The Labute approximate surface area is 184 Å². The van der Waals surface area contributed by atoms with Gasteiger partial charge in [-0.25, -0.2) is 4.39 Å². The van der Waals surface area contributed by atoms with E-state index in [2.05, 4.69) is 0 Å². The smallest absolute Gasteiger partial charge is 0.300 e. The number of halogens is 2. The number of amides is 1. The van der Waals surface area contributed by atoms with Gasteiger partial charge in [0.15, 0.2) is 0 Å². The van der Waals surface area contributed by atoms with Crippen molar-refractivity contribution in [2.45, 2.75) is 19.4 Å². The lowest BCUT2D eigenvalue weighted by molar-refractivity contribution is -0.132. The number of hydrogen-bond acceptors (Lipinski definition) is 3. The highest BCUT2D eigenvalue weighted by Gasteiger charge is 2.47. The fourth-order valence-corrected chi connectivity index (χ4v) is 3.91. The molecule has 3 aromatic rings. The van der Waals surface area contributed by atoms with Gasteiger partial charge in [-0.2, -0.15) is 0 Å². The van der Waals surface area contributed by atoms with Crippen molar-refractivity contribution in [3.8, 4) is 0 Å². The predicted octanol–water partition coefficient (Wildman–Crippen LogP) is 5.67. The monoisotopic (exact) mass is 435 g/mol. The lowest BCUT2D eigenvalue weighted by Gasteiger charge is -2.25. The van der Waals surface area contributed by atoms with Gasteiger partial charge in [0, 0.05) is 11.3 Å². The van der Waals surface area contributed by atoms with Crippen molar-refractivity contribution in [3.63, 3.8) is 0 Å². The fraction of sp³-hybridized carbons (Fsp3) is 0.120. The molecule has 1 amide bonds. The molecule has 1 N–H and O–H groups in total. The van der Waals surface area contributed by atoms with Crippen molar-refractivity contribution < 1.29 is 19.1 Å². The third-order valence-corrected chi connectivity index (χ3v) is 5.67. The normalized spacial score (nSPS) is 17.9. The molecular weight excluding hydrogens is 417 g/mol. The van der Waals surface area contributed by atoms with E-state index >= 15 is 0 Å². The maximum atomic E-state index is 13.7. The Hall–Kier alpha value is -3.44. The molecule has 1 atom stereocenters. The highest BCUT2D eigenvalue weighted by molar-refractivity contribution is 6.51. The van der Waals surface area contributed by atoms with Gasteiger partial charge >= 0.3 is 0 Å². The lowest BCUT2D eigenvalue weighted by atomic mass is 9.95. The van der Waals surface area contributed by atoms with Gasteiger partial charge in [0.25, 0.3) is 11.7 Å². The molecule has 0 radical (unpaired) electrons. The third kappa shape index (κ3) is 3.73. The molecule has 1 saturated heterocycles. The number of aryl methyl sites for hydroxylation is 1. The zero-order valence-electron chi connectivity index (χ0n) is 16.7. The second kappa shape index (κ2) is 8.36. The molecule has 1 heterocycles. The molecule has 4 nitrogen and oxygen atoms in total. The van der Waals surface area contributed by atoms with E-state index in [4.69, 9.17) is 11.6 Å². The largest absolute Gasteiger partial charge is 0.507 e. The Kier molecular flexibility index (Phi) is 5.61. The summed E-state index contributed by atoms with van der Waals surface area (Å²) >= 11 is 5.93. The summed E-state index contributed by atoms with van der Waals surface area (Å²) in [6, 6.07) is 19.0. The molecule has 1 aliphatic rings. The van der Waals surface area contributed by atoms with Crippen molar-refractivity contribution in [1.29, 1.82) is 0 Å². The highest BCUT2D eigenvalue weighted by Crippen LogP contribution is 2.42. The first kappa shape index (κ1) is 20.8. The summed E-state index contributed by atoms with van der Waals surface area (Å²) < 4.78 is 13.7. The van der Waals surface area contributed by atoms with Crippen LogP contribution in [0.1, 0.15) is 29.7 Å². The molecule has 156 valence electrons. The average Bonchev–Trinajstić information content (AvgIpc) is 3.06. The van der Waals surface area contributed by atoms with E-state index in [1.54, 1.807) is 36.4 Å². The fourth-order valence-electron chi connectivity index (χ4n) is 3.74. The van der Waals surface area contributed by atoms with E-state index in [9.17, 15) is 19.1 Å². The Morgan fingerprint density at radius 1 is 1.03 bits per heavy atom. The van der Waals surface area contributed by atoms with Crippen LogP contribution < -0.4 is 4.90 Å². The molecule has 1 unspecified atom stereocenters. The zero-order chi connectivity index (χ0) is 22.1. The highest BCUT2D eigenvalue weighted by atomic mass is 35.5. The van der Waals surface area contributed by atoms with Gasteiger partial charge in [0.05, 0.1) is 16.6 Å². The average molecular weight is 436 g/mol. The summed E-state index contributed by atoms with van der Waals surface area (Å²) in [6.45, 7) is 2.02. The number of rotatable bonds is 4. The third-order valence-electron chi connectivity index (χ3n) is 5.38. The summed E-state index contributed by atoms with van der Waals surface area (Å²) in [5, 5.41) is 10.9. The Bertz CT molecular complexity index is 1190. The summed E-state index contributed by atoms with van der Waals surface area (Å²) in [6.07, 6.45) is 0.834. The van der Waals surface area contributed by atoms with E-state index in [-0.39, 0.29) is 22.0 Å². The maximum Gasteiger partial charge on any atom is 0.300 e. The first-order chi connectivity index (χ1) is 14.9. The number of nitrogens with zero attached hydrogens (tertiary/aromatic N) is 1. The molecule has 6 heteroatoms. The van der Waals surface area contributed by atoms with Crippen molar-refractivity contribution in [1.82, 2.24) is 0 Å². The molecule has 4 rings (SSSR count). The van der Waals surface area contributed by atoms with Crippen LogP contribution >= 0.6 is 11.6 Å². The molecule has 0 spiro atoms. The Morgan fingerprint density at radius 2 is 1.71 bits per heavy atom. The standard InChI is InChI=1S/C25H19ClFNO3/c1-2-15-8-10-17(11-9-15)23(29)21-22(16-6-4-3-5-7-16)28(25(31)24(21)30)18-12-13-20(27)19(26)14-18/h3-14,22,29H,2H2,1H3/b23-21+. The van der Waals surface area contributed by atoms with Crippen LogP contribution in [0.15, 0.2) is 78.4 Å². The quantitative estimate of drug-likeness (QED) is 0.326. The van der Waals surface area contributed by atoms with Gasteiger partial charge in [-0.1, -0.05) is 73.1 Å². The second-order valence-corrected chi connectivity index (χ2v) is 7.64. The number of hydrogen-bond donors (Lipinski definition) is 1. The summed E-state index contributed by atoms with van der Waals surface area (Å²) in [4.78, 5) is 27.3. The maximum absolute atomic E-state index is 13.7. The van der Waals surface area contributed by atoms with Crippen molar-refractivity contribution >= 4 is 34.7 Å². The number of anilines is 1. The molecule has 3 aromatic carbocycles. The van der Waals surface area contributed by atoms with Crippen LogP contribution in [0, 0.1) is 5.82 Å². The van der Waals surface area contributed by atoms with Crippen LogP contribution in [0.3, 0.4) is 0 Å². The lowest BCUT2D eigenvalue weighted by Crippen LogP contribution is -2.29. The van der Waals surface area contributed by atoms with Gasteiger partial charge < -0.3 is 5.11 Å². The van der Waals surface area contributed by atoms with E-state index in [1.807, 2.05) is 25.1 Å². The van der Waals surface area contributed by atoms with Crippen LogP contribution in [0.4, 0.5) is 10.1 Å². The number of aliphatic hydroxyl groups is 1. The Balaban J connectivity index is 1.92. The van der Waals surface area contributed by atoms with Crippen molar-refractivity contribution in [2.75, 3.05) is 4.90 Å². The minimum atomic E-state index is -0.881. The van der Waals surface area contributed by atoms with E-state index in [1.165, 1.54) is 17.0 Å². The van der Waals surface area contributed by atoms with Crippen molar-refractivity contribution in [2.24, 2.45) is 0 Å². The Morgan fingerprint density at radius 3 is 2.32 bits per heavy atom. The van der Waals surface area contributed by atoms with Gasteiger partial charge in [0.1, 0.15) is 11.6 Å². The molecule has 0 saturated carbocycles. The van der Waals surface area contributed by atoms with Gasteiger partial charge in [-0.3, -0.25) is 14.5 Å². The van der Waals surface area contributed by atoms with E-state index < -0.39 is 23.5 Å². The topological polar surface area (TPSA) is 57.6 Å². The number of Topliss-reactive ketones (excluding diaryl/α,β-unsaturated/α-hetero) is 1. The summed E-state index contributed by atoms with van der Waals surface area (Å²) in [7, 11) is 0. The predicted molar refractivity (Wildman–Crippen MR) is 118 cm³/mol. The molecule has 1 aliphatic heterocycles. The molecule has 31 heavy (non-hydrogen) atoms. The number of carbonyl (C=O) groups excluding carboxylic acids is 2. The van der Waals surface area contributed by atoms with Crippen LogP contribution in [-0.2, 0) is 16.0 Å². The first-order valence-electron chi connectivity index (χ1n) is 9.82. The van der Waals surface area contributed by atoms with Crippen LogP contribution in [-0.4, -0.2) is 16.8 Å². The molecule has 0 aliphatic carbocycles. The van der Waals surface area contributed by atoms with Crippen molar-refractivity contribution in [3.05, 3.63) is 106 Å². The minimum absolute atomic E-state index is 0.0269. The molecule has 1 fully saturated rings. The minimum Gasteiger partial charge on any atom is -0.507 e. The van der Waals surface area contributed by atoms with E-state index in [0.29, 0.717) is 11.1 Å². The number of benzene rings is 3. The number of aliphatic hydroxyl groups excluding tert-OH is 1. The second-order valence-electron chi connectivity index (χ2n) is 7.23. The van der Waals surface area contributed by atoms with Crippen LogP contribution in [0.25, 0.3) is 5.76 Å². The van der Waals surface area contributed by atoms with Crippen LogP contribution in [0.5, 0.6) is 0 Å². The SMILES string of the molecule is CCc1ccc(/C(O)=C2\C(=O)C(=O)N(c3ccc(F)c(Cl)c3)C2c2ccccc2)cc1. The van der Waals surface area contributed by atoms with Gasteiger partial charge in [-0.05, 0) is 35.7 Å². The summed E-state index contributed by atoms with van der Waals surface area (Å²) in [5.41, 5.74) is 2.39. The van der Waals surface area contributed by atoms with Gasteiger partial charge in [0.2, 0.25) is 0 Å². The number of carbonyl (C=O) groups is 2. The molecular formula is C25H19ClFNO3. The van der Waals surface area contributed by atoms with Crippen LogP contribution in [0.2, 0.25) is 5.02 Å².